The van der Waals surface area contributed by atoms with Gasteiger partial charge in [0.2, 0.25) is 0 Å². The van der Waals surface area contributed by atoms with Gasteiger partial charge in [0, 0.05) is 12.4 Å². The van der Waals surface area contributed by atoms with E-state index in [2.05, 4.69) is 11.2 Å². The molecule has 0 atom stereocenters. The normalized spacial score (nSPS) is 10.3. The van der Waals surface area contributed by atoms with E-state index < -0.39 is 5.97 Å². The SMILES string of the molecule is CCOC(=O)c1nn(-c2ccccc2)c(-n2cccc2)c1C#N. The number of nitrogens with zero attached hydrogens (tertiary/aromatic N) is 4. The number of esters is 1. The first-order valence-corrected chi connectivity index (χ1v) is 7.15. The van der Waals surface area contributed by atoms with Crippen molar-refractivity contribution in [3.05, 3.63) is 66.1 Å². The van der Waals surface area contributed by atoms with Crippen LogP contribution in [0.1, 0.15) is 23.0 Å². The third-order valence-electron chi connectivity index (χ3n) is 3.29. The van der Waals surface area contributed by atoms with Crippen LogP contribution in [-0.4, -0.2) is 26.9 Å². The number of hydrogen-bond acceptors (Lipinski definition) is 4. The minimum atomic E-state index is -0.605. The first-order chi connectivity index (χ1) is 11.3. The van der Waals surface area contributed by atoms with Gasteiger partial charge in [-0.1, -0.05) is 18.2 Å². The smallest absolute Gasteiger partial charge is 0.360 e. The Balaban J connectivity index is 2.27. The Morgan fingerprint density at radius 2 is 1.91 bits per heavy atom. The second kappa shape index (κ2) is 6.20. The highest BCUT2D eigenvalue weighted by atomic mass is 16.5. The number of ether oxygens (including phenoxy) is 1. The van der Waals surface area contributed by atoms with Crippen LogP contribution in [-0.2, 0) is 4.74 Å². The van der Waals surface area contributed by atoms with Crippen molar-refractivity contribution in [2.75, 3.05) is 6.61 Å². The summed E-state index contributed by atoms with van der Waals surface area (Å²) >= 11 is 0. The van der Waals surface area contributed by atoms with E-state index in [4.69, 9.17) is 4.74 Å². The number of aromatic nitrogens is 3. The van der Waals surface area contributed by atoms with Crippen molar-refractivity contribution in [2.45, 2.75) is 6.92 Å². The first kappa shape index (κ1) is 14.6. The Morgan fingerprint density at radius 3 is 2.52 bits per heavy atom. The molecular formula is C17H14N4O2. The number of benzene rings is 1. The number of para-hydroxylation sites is 1. The summed E-state index contributed by atoms with van der Waals surface area (Å²) in [5, 5.41) is 13.9. The van der Waals surface area contributed by atoms with Crippen LogP contribution in [0.2, 0.25) is 0 Å². The number of hydrogen-bond donors (Lipinski definition) is 0. The molecule has 0 unspecified atom stereocenters. The van der Waals surface area contributed by atoms with Crippen molar-refractivity contribution in [2.24, 2.45) is 0 Å². The van der Waals surface area contributed by atoms with Gasteiger partial charge in [-0.05, 0) is 31.2 Å². The number of nitriles is 1. The number of carbonyl (C=O) groups excluding carboxylic acids is 1. The molecule has 23 heavy (non-hydrogen) atoms. The highest BCUT2D eigenvalue weighted by molar-refractivity contribution is 5.91. The zero-order valence-electron chi connectivity index (χ0n) is 12.5. The van der Waals surface area contributed by atoms with Gasteiger partial charge in [0.15, 0.2) is 11.5 Å². The fourth-order valence-corrected chi connectivity index (χ4v) is 2.32. The molecule has 0 amide bonds. The molecule has 0 radical (unpaired) electrons. The topological polar surface area (TPSA) is 72.8 Å². The Kier molecular flexibility index (Phi) is 3.93. The fourth-order valence-electron chi connectivity index (χ4n) is 2.32. The maximum Gasteiger partial charge on any atom is 0.360 e. The third kappa shape index (κ3) is 2.60. The van der Waals surface area contributed by atoms with E-state index >= 15 is 0 Å². The van der Waals surface area contributed by atoms with E-state index in [1.807, 2.05) is 42.5 Å². The van der Waals surface area contributed by atoms with E-state index in [-0.39, 0.29) is 17.9 Å². The van der Waals surface area contributed by atoms with E-state index in [9.17, 15) is 10.1 Å². The summed E-state index contributed by atoms with van der Waals surface area (Å²) in [5.74, 6) is -0.0982. The Labute approximate surface area is 133 Å². The van der Waals surface area contributed by atoms with Gasteiger partial charge in [0.05, 0.1) is 12.3 Å². The van der Waals surface area contributed by atoms with Crippen LogP contribution in [0.15, 0.2) is 54.9 Å². The molecule has 3 aromatic rings. The van der Waals surface area contributed by atoms with Gasteiger partial charge in [0.1, 0.15) is 11.6 Å². The molecule has 0 spiro atoms. The molecule has 0 saturated heterocycles. The van der Waals surface area contributed by atoms with Crippen LogP contribution in [0.3, 0.4) is 0 Å². The van der Waals surface area contributed by atoms with Crippen molar-refractivity contribution < 1.29 is 9.53 Å². The van der Waals surface area contributed by atoms with Crippen LogP contribution in [0.5, 0.6) is 0 Å². The van der Waals surface area contributed by atoms with Crippen LogP contribution in [0.25, 0.3) is 11.5 Å². The molecule has 3 rings (SSSR count). The highest BCUT2D eigenvalue weighted by Gasteiger charge is 2.25. The molecule has 6 heteroatoms. The summed E-state index contributed by atoms with van der Waals surface area (Å²) in [6, 6.07) is 15.1. The second-order valence-corrected chi connectivity index (χ2v) is 4.72. The van der Waals surface area contributed by atoms with Crippen LogP contribution in [0, 0.1) is 11.3 Å². The Hall–Kier alpha value is -3.33. The molecule has 0 aliphatic heterocycles. The van der Waals surface area contributed by atoms with Gasteiger partial charge in [-0.3, -0.25) is 0 Å². The maximum absolute atomic E-state index is 12.1. The maximum atomic E-state index is 12.1. The van der Waals surface area contributed by atoms with Gasteiger partial charge in [-0.15, -0.1) is 0 Å². The minimum absolute atomic E-state index is 0.0157. The van der Waals surface area contributed by atoms with Crippen molar-refractivity contribution in [1.29, 1.82) is 5.26 Å². The lowest BCUT2D eigenvalue weighted by molar-refractivity contribution is 0.0518. The first-order valence-electron chi connectivity index (χ1n) is 7.15. The predicted molar refractivity (Wildman–Crippen MR) is 83.6 cm³/mol. The average molecular weight is 306 g/mol. The Morgan fingerprint density at radius 1 is 1.22 bits per heavy atom. The zero-order chi connectivity index (χ0) is 16.2. The summed E-state index contributed by atoms with van der Waals surface area (Å²) in [7, 11) is 0. The lowest BCUT2D eigenvalue weighted by Crippen LogP contribution is -2.08. The molecular weight excluding hydrogens is 292 g/mol. The minimum Gasteiger partial charge on any atom is -0.461 e. The van der Waals surface area contributed by atoms with E-state index in [1.54, 1.807) is 28.6 Å². The number of carbonyl (C=O) groups is 1. The quantitative estimate of drug-likeness (QED) is 0.695. The highest BCUT2D eigenvalue weighted by Crippen LogP contribution is 2.23. The second-order valence-electron chi connectivity index (χ2n) is 4.72. The van der Waals surface area contributed by atoms with Crippen molar-refractivity contribution in [3.63, 3.8) is 0 Å². The standard InChI is InChI=1S/C17H14N4O2/c1-2-23-17(22)15-14(12-18)16(20-10-6-7-11-20)21(19-15)13-8-4-3-5-9-13/h3-11H,2H2,1H3. The predicted octanol–water partition coefficient (Wildman–Crippen LogP) is 2.71. The summed E-state index contributed by atoms with van der Waals surface area (Å²) < 4.78 is 8.34. The molecule has 1 aromatic carbocycles. The largest absolute Gasteiger partial charge is 0.461 e. The van der Waals surface area contributed by atoms with Gasteiger partial charge >= 0.3 is 5.97 Å². The molecule has 2 heterocycles. The van der Waals surface area contributed by atoms with Crippen LogP contribution < -0.4 is 0 Å². The third-order valence-corrected chi connectivity index (χ3v) is 3.29. The average Bonchev–Trinajstić information content (AvgIpc) is 3.22. The summed E-state index contributed by atoms with van der Waals surface area (Å²) in [4.78, 5) is 12.1. The molecule has 6 nitrogen and oxygen atoms in total. The summed E-state index contributed by atoms with van der Waals surface area (Å²) in [5.41, 5.74) is 0.952. The lowest BCUT2D eigenvalue weighted by atomic mass is 10.2. The molecule has 0 N–H and O–H groups in total. The van der Waals surface area contributed by atoms with Crippen LogP contribution >= 0.6 is 0 Å². The van der Waals surface area contributed by atoms with E-state index in [0.717, 1.165) is 5.69 Å². The molecule has 2 aromatic heterocycles. The van der Waals surface area contributed by atoms with Crippen LogP contribution in [0.4, 0.5) is 0 Å². The summed E-state index contributed by atoms with van der Waals surface area (Å²) in [6.07, 6.45) is 3.60. The molecule has 0 fully saturated rings. The molecule has 0 aliphatic carbocycles. The van der Waals surface area contributed by atoms with Gasteiger partial charge in [-0.25, -0.2) is 9.48 Å². The summed E-state index contributed by atoms with van der Waals surface area (Å²) in [6.45, 7) is 1.94. The van der Waals surface area contributed by atoms with E-state index in [1.165, 1.54) is 0 Å². The fraction of sp³-hybridized carbons (Fsp3) is 0.118. The zero-order valence-corrected chi connectivity index (χ0v) is 12.5. The number of rotatable bonds is 4. The molecule has 0 saturated carbocycles. The lowest BCUT2D eigenvalue weighted by Gasteiger charge is -2.08. The van der Waals surface area contributed by atoms with Crippen molar-refractivity contribution >= 4 is 5.97 Å². The molecule has 0 bridgehead atoms. The van der Waals surface area contributed by atoms with Gasteiger partial charge in [-0.2, -0.15) is 10.4 Å². The van der Waals surface area contributed by atoms with E-state index in [0.29, 0.717) is 5.82 Å². The van der Waals surface area contributed by atoms with Gasteiger partial charge < -0.3 is 9.30 Å². The molecule has 0 aliphatic rings. The van der Waals surface area contributed by atoms with Crippen molar-refractivity contribution in [3.8, 4) is 17.6 Å². The van der Waals surface area contributed by atoms with Crippen molar-refractivity contribution in [1.82, 2.24) is 14.3 Å². The van der Waals surface area contributed by atoms with Gasteiger partial charge in [0.25, 0.3) is 0 Å². The Bertz CT molecular complexity index is 858. The molecule has 114 valence electrons. The monoisotopic (exact) mass is 306 g/mol.